The van der Waals surface area contributed by atoms with E-state index < -0.39 is 0 Å². The molecule has 0 aliphatic rings. The average Bonchev–Trinajstić information content (AvgIpc) is 2.26. The van der Waals surface area contributed by atoms with Crippen molar-refractivity contribution in [2.45, 2.75) is 19.8 Å². The molecule has 100 valence electrons. The van der Waals surface area contributed by atoms with Crippen LogP contribution in [-0.2, 0) is 0 Å². The quantitative estimate of drug-likeness (QED) is 0.780. The first-order chi connectivity index (χ1) is 8.94. The number of anilines is 2. The van der Waals surface area contributed by atoms with Crippen molar-refractivity contribution >= 4 is 46.3 Å². The highest BCUT2D eigenvalue weighted by molar-refractivity contribution is 6.35. The van der Waals surface area contributed by atoms with Crippen LogP contribution >= 0.6 is 34.8 Å². The van der Waals surface area contributed by atoms with Crippen LogP contribution in [0.4, 0.5) is 11.5 Å². The van der Waals surface area contributed by atoms with Gasteiger partial charge in [-0.15, -0.1) is 0 Å². The predicted molar refractivity (Wildman–Crippen MR) is 80.9 cm³/mol. The van der Waals surface area contributed by atoms with E-state index in [1.807, 2.05) is 13.8 Å². The Morgan fingerprint density at radius 1 is 0.947 bits per heavy atom. The highest BCUT2D eigenvalue weighted by Gasteiger charge is 2.08. The van der Waals surface area contributed by atoms with Gasteiger partial charge in [0.15, 0.2) is 0 Å². The largest absolute Gasteiger partial charge is 0.340 e. The summed E-state index contributed by atoms with van der Waals surface area (Å²) in [6.45, 7) is 4.01. The lowest BCUT2D eigenvalue weighted by molar-refractivity contribution is 0.776. The molecule has 0 amide bonds. The van der Waals surface area contributed by atoms with Crippen LogP contribution in [0, 0.1) is 0 Å². The first-order valence-corrected chi connectivity index (χ1v) is 6.85. The Hall–Kier alpha value is -1.03. The lowest BCUT2D eigenvalue weighted by Gasteiger charge is -2.10. The summed E-state index contributed by atoms with van der Waals surface area (Å²) >= 11 is 17.9. The average molecular weight is 317 g/mol. The third-order valence-corrected chi connectivity index (χ3v) is 2.99. The lowest BCUT2D eigenvalue weighted by atomic mass is 10.2. The minimum atomic E-state index is 0.196. The monoisotopic (exact) mass is 315 g/mol. The van der Waals surface area contributed by atoms with Gasteiger partial charge in [0, 0.05) is 27.7 Å². The van der Waals surface area contributed by atoms with Crippen LogP contribution in [0.2, 0.25) is 15.2 Å². The van der Waals surface area contributed by atoms with Crippen LogP contribution in [0.25, 0.3) is 0 Å². The molecule has 0 spiro atoms. The molecule has 1 aromatic heterocycles. The van der Waals surface area contributed by atoms with Gasteiger partial charge in [-0.25, -0.2) is 9.97 Å². The van der Waals surface area contributed by atoms with Gasteiger partial charge in [-0.3, -0.25) is 0 Å². The van der Waals surface area contributed by atoms with E-state index >= 15 is 0 Å². The first kappa shape index (κ1) is 14.4. The fourth-order valence-electron chi connectivity index (χ4n) is 1.53. The van der Waals surface area contributed by atoms with Crippen molar-refractivity contribution in [2.24, 2.45) is 0 Å². The molecule has 2 aromatic rings. The summed E-state index contributed by atoms with van der Waals surface area (Å²) in [4.78, 5) is 8.57. The van der Waals surface area contributed by atoms with Crippen LogP contribution < -0.4 is 5.32 Å². The third-order valence-electron chi connectivity index (χ3n) is 2.36. The Labute approximate surface area is 126 Å². The summed E-state index contributed by atoms with van der Waals surface area (Å²) in [7, 11) is 0. The molecule has 6 heteroatoms. The normalized spacial score (nSPS) is 10.8. The van der Waals surface area contributed by atoms with Gasteiger partial charge >= 0.3 is 0 Å². The molecule has 1 heterocycles. The van der Waals surface area contributed by atoms with Crippen molar-refractivity contribution in [3.8, 4) is 0 Å². The summed E-state index contributed by atoms with van der Waals surface area (Å²) in [5.41, 5.74) is 0.752. The fourth-order valence-corrected chi connectivity index (χ4v) is 2.25. The highest BCUT2D eigenvalue weighted by Crippen LogP contribution is 2.26. The Morgan fingerprint density at radius 3 is 2.16 bits per heavy atom. The number of rotatable bonds is 3. The molecule has 0 atom stereocenters. The molecule has 1 aromatic carbocycles. The zero-order valence-electron chi connectivity index (χ0n) is 10.4. The van der Waals surface area contributed by atoms with E-state index in [9.17, 15) is 0 Å². The molecule has 0 bridgehead atoms. The maximum Gasteiger partial charge on any atom is 0.135 e. The van der Waals surface area contributed by atoms with Gasteiger partial charge in [0.05, 0.1) is 0 Å². The van der Waals surface area contributed by atoms with E-state index in [2.05, 4.69) is 15.3 Å². The molecule has 2 rings (SSSR count). The summed E-state index contributed by atoms with van der Waals surface area (Å²) in [6.07, 6.45) is 0. The summed E-state index contributed by atoms with van der Waals surface area (Å²) in [6, 6.07) is 6.85. The van der Waals surface area contributed by atoms with Crippen LogP contribution in [0.3, 0.4) is 0 Å². The van der Waals surface area contributed by atoms with Gasteiger partial charge < -0.3 is 5.32 Å². The number of nitrogens with zero attached hydrogens (tertiary/aromatic N) is 2. The molecule has 0 fully saturated rings. The van der Waals surface area contributed by atoms with Crippen LogP contribution in [0.1, 0.15) is 25.6 Å². The third kappa shape index (κ3) is 3.96. The van der Waals surface area contributed by atoms with Crippen LogP contribution in [0.5, 0.6) is 0 Å². The van der Waals surface area contributed by atoms with E-state index in [-0.39, 0.29) is 5.92 Å². The second-order valence-electron chi connectivity index (χ2n) is 4.37. The lowest BCUT2D eigenvalue weighted by Crippen LogP contribution is -2.02. The second-order valence-corrected chi connectivity index (χ2v) is 5.63. The van der Waals surface area contributed by atoms with Crippen molar-refractivity contribution < 1.29 is 0 Å². The summed E-state index contributed by atoms with van der Waals surface area (Å²) < 4.78 is 0. The van der Waals surface area contributed by atoms with E-state index in [1.54, 1.807) is 24.3 Å². The summed E-state index contributed by atoms with van der Waals surface area (Å²) in [5.74, 6) is 1.49. The smallest absolute Gasteiger partial charge is 0.135 e. The number of benzene rings is 1. The van der Waals surface area contributed by atoms with Gasteiger partial charge in [0.25, 0.3) is 0 Å². The number of hydrogen-bond acceptors (Lipinski definition) is 3. The van der Waals surface area contributed by atoms with Gasteiger partial charge in [-0.05, 0) is 18.2 Å². The van der Waals surface area contributed by atoms with Gasteiger partial charge in [-0.2, -0.15) is 0 Å². The molecule has 0 aliphatic carbocycles. The maximum absolute atomic E-state index is 5.98. The Kier molecular flexibility index (Phi) is 4.50. The molecule has 19 heavy (non-hydrogen) atoms. The highest BCUT2D eigenvalue weighted by atomic mass is 35.5. The van der Waals surface area contributed by atoms with Gasteiger partial charge in [0.1, 0.15) is 16.8 Å². The second kappa shape index (κ2) is 5.95. The molecule has 0 radical (unpaired) electrons. The molecule has 3 nitrogen and oxygen atoms in total. The minimum Gasteiger partial charge on any atom is -0.340 e. The molecule has 0 aliphatic heterocycles. The van der Waals surface area contributed by atoms with Crippen molar-refractivity contribution in [2.75, 3.05) is 5.32 Å². The van der Waals surface area contributed by atoms with Gasteiger partial charge in [-0.1, -0.05) is 48.7 Å². The van der Waals surface area contributed by atoms with E-state index in [4.69, 9.17) is 34.8 Å². The van der Waals surface area contributed by atoms with E-state index in [1.165, 1.54) is 0 Å². The maximum atomic E-state index is 5.98. The summed E-state index contributed by atoms with van der Waals surface area (Å²) in [5, 5.41) is 4.62. The molecular weight excluding hydrogens is 305 g/mol. The zero-order valence-corrected chi connectivity index (χ0v) is 12.7. The Morgan fingerprint density at radius 2 is 1.58 bits per heavy atom. The van der Waals surface area contributed by atoms with Crippen molar-refractivity contribution in [3.63, 3.8) is 0 Å². The van der Waals surface area contributed by atoms with Crippen LogP contribution in [-0.4, -0.2) is 9.97 Å². The minimum absolute atomic E-state index is 0.196. The van der Waals surface area contributed by atoms with E-state index in [0.29, 0.717) is 26.8 Å². The first-order valence-electron chi connectivity index (χ1n) is 5.71. The zero-order chi connectivity index (χ0) is 14.0. The molecule has 0 saturated carbocycles. The van der Waals surface area contributed by atoms with Crippen molar-refractivity contribution in [3.05, 3.63) is 45.3 Å². The molecule has 0 saturated heterocycles. The molecule has 1 N–H and O–H groups in total. The number of halogens is 3. The number of nitrogens with one attached hydrogen (secondary N) is 1. The van der Waals surface area contributed by atoms with Crippen LogP contribution in [0.15, 0.2) is 24.3 Å². The topological polar surface area (TPSA) is 37.8 Å². The Bertz CT molecular complexity index is 579. The SMILES string of the molecule is CC(C)c1nc(Cl)cc(Nc2cc(Cl)cc(Cl)c2)n1. The van der Waals surface area contributed by atoms with Crippen molar-refractivity contribution in [1.82, 2.24) is 9.97 Å². The standard InChI is InChI=1S/C13H12Cl3N3/c1-7(2)13-18-11(16)6-12(19-13)17-10-4-8(14)3-9(15)5-10/h3-7H,1-2H3,(H,17,18,19). The molecular formula is C13H12Cl3N3. The van der Waals surface area contributed by atoms with Gasteiger partial charge in [0.2, 0.25) is 0 Å². The van der Waals surface area contributed by atoms with Crippen molar-refractivity contribution in [1.29, 1.82) is 0 Å². The number of hydrogen-bond donors (Lipinski definition) is 1. The molecule has 0 unspecified atom stereocenters. The predicted octanol–water partition coefficient (Wildman–Crippen LogP) is 5.30. The fraction of sp³-hybridized carbons (Fsp3) is 0.231. The number of aromatic nitrogens is 2. The van der Waals surface area contributed by atoms with E-state index in [0.717, 1.165) is 5.69 Å². The Balaban J connectivity index is 2.32.